The van der Waals surface area contributed by atoms with Crippen LogP contribution in [0.3, 0.4) is 0 Å². The van der Waals surface area contributed by atoms with E-state index in [9.17, 15) is 83.1 Å². The number of alkyl halides is 1. The van der Waals surface area contributed by atoms with Crippen LogP contribution in [0.5, 0.6) is 0 Å². The molecule has 32 heteroatoms. The maximum absolute atomic E-state index is 14.4. The second-order valence-corrected chi connectivity index (χ2v) is 21.5. The fourth-order valence-electron chi connectivity index (χ4n) is 8.71. The summed E-state index contributed by atoms with van der Waals surface area (Å²) in [5, 5.41) is 75.9. The van der Waals surface area contributed by atoms with E-state index in [4.69, 9.17) is 33.5 Å². The number of unbranched alkanes of at least 4 members (excludes halogenated alkanes) is 10. The van der Waals surface area contributed by atoms with Crippen molar-refractivity contribution in [2.75, 3.05) is 38.7 Å². The van der Waals surface area contributed by atoms with Gasteiger partial charge in [-0.1, -0.05) is 84.1 Å². The van der Waals surface area contributed by atoms with Crippen molar-refractivity contribution < 1.29 is 87.8 Å². The predicted octanol–water partition coefficient (Wildman–Crippen LogP) is -4.33. The first-order valence-corrected chi connectivity index (χ1v) is 30.3. The largest absolute Gasteiger partial charge is 0.479 e. The second-order valence-electron chi connectivity index (χ2n) is 21.2. The van der Waals surface area contributed by atoms with Crippen molar-refractivity contribution in [2.24, 2.45) is 17.2 Å². The van der Waals surface area contributed by atoms with Gasteiger partial charge in [0, 0.05) is 6.54 Å². The fraction of sp³-hybridized carbons (Fsp3) is 0.745. The molecule has 1 fully saturated rings. The number of nitrogens with one attached hydrogen (secondary N) is 10. The first-order chi connectivity index (χ1) is 41.3. The molecule has 21 N–H and O–H groups in total. The summed E-state index contributed by atoms with van der Waals surface area (Å²) < 4.78 is 5.33. The Balaban J connectivity index is 4.10. The van der Waals surface area contributed by atoms with E-state index in [1.54, 1.807) is 0 Å². The number of carboxylic acid groups (broad SMARTS) is 1. The number of carbonyl (C=O) groups is 12. The van der Waals surface area contributed by atoms with Crippen molar-refractivity contribution in [1.82, 2.24) is 53.2 Å². The number of aliphatic carboxylic acids is 1. The summed E-state index contributed by atoms with van der Waals surface area (Å²) in [6.45, 7) is 4.80. The highest BCUT2D eigenvalue weighted by molar-refractivity contribution is 6.18. The maximum Gasteiger partial charge on any atom is 0.335 e. The van der Waals surface area contributed by atoms with Crippen LogP contribution in [0.2, 0.25) is 0 Å². The van der Waals surface area contributed by atoms with Crippen LogP contribution in [0.25, 0.3) is 0 Å². The first kappa shape index (κ1) is 78.4. The summed E-state index contributed by atoms with van der Waals surface area (Å²) >= 11 is 5.89. The zero-order chi connectivity index (χ0) is 65.6. The van der Waals surface area contributed by atoms with Crippen molar-refractivity contribution in [3.63, 3.8) is 0 Å². The Kier molecular flexibility index (Phi) is 39.6. The molecule has 87 heavy (non-hydrogen) atoms. The van der Waals surface area contributed by atoms with Gasteiger partial charge >= 0.3 is 11.9 Å². The topological polar surface area (TPSA) is 514 Å². The minimum absolute atomic E-state index is 0.139. The SMILES string of the molecule is C/C=C1\NC(=O)[C@H]([C@H](C)O)NC(=O)[C@H](CCN)NC(=O)[C@H](CCCCN)NC(=O)[C@H](CC(=O)NCCCC)NC(=O)[C@@H](CCN)NC(=O)[C@@H](NC(=O)C[C@H](O)CCCCCCCCCCC)COC(=O)[C@H]([C@H](O)CCl)NC(=O)[C@H]([C@H](O)C(=O)O)NC1=O. The lowest BCUT2D eigenvalue weighted by Crippen LogP contribution is -2.62. The highest BCUT2D eigenvalue weighted by Crippen LogP contribution is 2.14. The molecule has 0 aliphatic carbocycles. The number of halogens is 1. The number of nitrogens with two attached hydrogens (primary N) is 3. The van der Waals surface area contributed by atoms with E-state index in [1.807, 2.05) is 17.6 Å². The molecule has 12 atom stereocenters. The lowest BCUT2D eigenvalue weighted by molar-refractivity contribution is -0.155. The van der Waals surface area contributed by atoms with Crippen molar-refractivity contribution in [3.05, 3.63) is 11.8 Å². The van der Waals surface area contributed by atoms with Gasteiger partial charge in [0.05, 0.1) is 37.0 Å². The Morgan fingerprint density at radius 3 is 1.66 bits per heavy atom. The molecule has 1 aliphatic heterocycles. The third-order valence-corrected chi connectivity index (χ3v) is 14.1. The molecule has 0 radical (unpaired) electrons. The summed E-state index contributed by atoms with van der Waals surface area (Å²) in [7, 11) is 0. The Bertz CT molecular complexity index is 2270. The third-order valence-electron chi connectivity index (χ3n) is 13.8. The van der Waals surface area contributed by atoms with Gasteiger partial charge in [0.1, 0.15) is 54.6 Å². The normalized spacial score (nSPS) is 23.9. The molecule has 0 aromatic carbocycles. The van der Waals surface area contributed by atoms with Crippen LogP contribution in [0.1, 0.15) is 150 Å². The van der Waals surface area contributed by atoms with Crippen LogP contribution in [0, 0.1) is 0 Å². The standard InChI is InChI=1S/C55H96ClN13O18/c1-5-8-10-11-12-13-14-15-16-19-32(71)27-41(74)61-38-30-87-55(86)43(39(72)29-56)68-53(83)44(45(75)54(84)85)69-46(76)33(7-3)62-52(82)42(31(4)70)67-49(79)36(22-25-59)64-47(77)34(20-17-18-23-57)63-50(80)37(28-40(73)60-26-9-6-2)66-48(78)35(21-24-58)65-51(38)81/h7,31-32,34-39,42-45,70-72,75H,5-6,8-30,57-59H2,1-4H3,(H,60,73)(H,61,74)(H,62,82)(H,63,80)(H,64,77)(H,65,81)(H,66,78)(H,67,79)(H,68,83)(H,69,76)(H,84,85)/b33-7-/t31-,32+,34-,35+,36-,37-,38-,39+,42-,43-,44-,45-/m0/s1. The highest BCUT2D eigenvalue weighted by Gasteiger charge is 2.41. The van der Waals surface area contributed by atoms with E-state index in [1.165, 1.54) is 6.92 Å². The number of ether oxygens (including phenoxy) is 1. The number of rotatable bonds is 31. The molecule has 31 nitrogen and oxygen atoms in total. The average Bonchev–Trinajstić information content (AvgIpc) is 3.33. The van der Waals surface area contributed by atoms with Crippen LogP contribution >= 0.6 is 11.6 Å². The number of hydrogen-bond donors (Lipinski definition) is 18. The number of cyclic esters (lactones) is 1. The highest BCUT2D eigenvalue weighted by atomic mass is 35.5. The number of carboxylic acids is 1. The summed E-state index contributed by atoms with van der Waals surface area (Å²) in [5.41, 5.74) is 16.7. The zero-order valence-corrected chi connectivity index (χ0v) is 51.1. The van der Waals surface area contributed by atoms with E-state index in [2.05, 4.69) is 49.5 Å². The monoisotopic (exact) mass is 1260 g/mol. The van der Waals surface area contributed by atoms with Crippen LogP contribution in [0.15, 0.2) is 11.8 Å². The van der Waals surface area contributed by atoms with Gasteiger partial charge in [-0.05, 0) is 78.4 Å². The molecule has 0 unspecified atom stereocenters. The maximum atomic E-state index is 14.4. The minimum Gasteiger partial charge on any atom is -0.479 e. The van der Waals surface area contributed by atoms with E-state index in [0.717, 1.165) is 64.4 Å². The summed E-state index contributed by atoms with van der Waals surface area (Å²) in [5.74, 6) is -16.4. The first-order valence-electron chi connectivity index (χ1n) is 29.8. The molecule has 1 saturated heterocycles. The number of carbonyl (C=O) groups excluding carboxylic acids is 11. The Hall–Kier alpha value is -6.61. The van der Waals surface area contributed by atoms with Gasteiger partial charge in [0.15, 0.2) is 12.1 Å². The van der Waals surface area contributed by atoms with Gasteiger partial charge < -0.3 is 101 Å². The second kappa shape index (κ2) is 43.9. The van der Waals surface area contributed by atoms with Gasteiger partial charge in [-0.25, -0.2) is 9.59 Å². The molecular weight excluding hydrogens is 1170 g/mol. The third kappa shape index (κ3) is 30.2. The Labute approximate surface area is 512 Å². The summed E-state index contributed by atoms with van der Waals surface area (Å²) in [6.07, 6.45) is 1.59. The smallest absolute Gasteiger partial charge is 0.335 e. The van der Waals surface area contributed by atoms with Crippen LogP contribution < -0.4 is 70.4 Å². The number of aliphatic hydroxyl groups is 4. The molecule has 0 saturated carbocycles. The Morgan fingerprint density at radius 2 is 1.13 bits per heavy atom. The van der Waals surface area contributed by atoms with Crippen molar-refractivity contribution in [2.45, 2.75) is 222 Å². The number of esters is 1. The van der Waals surface area contributed by atoms with E-state index in [0.29, 0.717) is 25.7 Å². The number of amides is 10. The molecule has 10 amide bonds. The molecule has 0 bridgehead atoms. The van der Waals surface area contributed by atoms with E-state index < -0.39 is 175 Å². The molecule has 1 aliphatic rings. The van der Waals surface area contributed by atoms with Crippen LogP contribution in [-0.4, -0.2) is 208 Å². The molecule has 0 aromatic rings. The fourth-order valence-corrected chi connectivity index (χ4v) is 8.89. The van der Waals surface area contributed by atoms with Crippen molar-refractivity contribution in [3.8, 4) is 0 Å². The van der Waals surface area contributed by atoms with Gasteiger partial charge in [-0.2, -0.15) is 0 Å². The molecule has 0 aromatic heterocycles. The van der Waals surface area contributed by atoms with E-state index in [-0.39, 0.29) is 58.3 Å². The molecule has 1 heterocycles. The minimum atomic E-state index is -2.82. The van der Waals surface area contributed by atoms with Crippen LogP contribution in [0.4, 0.5) is 0 Å². The van der Waals surface area contributed by atoms with Gasteiger partial charge in [0.25, 0.3) is 5.91 Å². The number of aliphatic hydroxyl groups excluding tert-OH is 4. The Morgan fingerprint density at radius 1 is 0.609 bits per heavy atom. The van der Waals surface area contributed by atoms with Crippen molar-refractivity contribution in [1.29, 1.82) is 0 Å². The lowest BCUT2D eigenvalue weighted by atomic mass is 10.0. The van der Waals surface area contributed by atoms with Crippen molar-refractivity contribution >= 4 is 82.6 Å². The molecular formula is C55H96ClN13O18. The average molecular weight is 1260 g/mol. The quantitative estimate of drug-likeness (QED) is 0.0135. The van der Waals surface area contributed by atoms with Gasteiger partial charge in [-0.3, -0.25) is 47.9 Å². The van der Waals surface area contributed by atoms with Gasteiger partial charge in [-0.15, -0.1) is 11.6 Å². The zero-order valence-electron chi connectivity index (χ0n) is 50.3. The lowest BCUT2D eigenvalue weighted by Gasteiger charge is -2.29. The number of hydrogen-bond acceptors (Lipinski definition) is 20. The predicted molar refractivity (Wildman–Crippen MR) is 316 cm³/mol. The molecule has 496 valence electrons. The van der Waals surface area contributed by atoms with E-state index >= 15 is 0 Å². The van der Waals surface area contributed by atoms with Crippen LogP contribution in [-0.2, 0) is 62.3 Å². The number of allylic oxidation sites excluding steroid dienone is 1. The van der Waals surface area contributed by atoms with Gasteiger partial charge in [0.2, 0.25) is 53.2 Å². The summed E-state index contributed by atoms with van der Waals surface area (Å²) in [4.78, 5) is 165. The molecule has 0 spiro atoms. The summed E-state index contributed by atoms with van der Waals surface area (Å²) in [6, 6.07) is -15.4. The molecule has 1 rings (SSSR count).